The molecule has 0 radical (unpaired) electrons. The smallest absolute Gasteiger partial charge is 0.254 e. The first kappa shape index (κ1) is 30.6. The van der Waals surface area contributed by atoms with E-state index in [1.807, 2.05) is 19.2 Å². The van der Waals surface area contributed by atoms with Crippen LogP contribution in [0.4, 0.5) is 5.69 Å². The molecule has 8 atom stereocenters. The summed E-state index contributed by atoms with van der Waals surface area (Å²) in [5, 5.41) is 0. The predicted molar refractivity (Wildman–Crippen MR) is 170 cm³/mol. The monoisotopic (exact) mass is 607 g/mol. The van der Waals surface area contributed by atoms with E-state index in [1.54, 1.807) is 6.07 Å². The molecule has 1 aliphatic carbocycles. The van der Waals surface area contributed by atoms with E-state index in [2.05, 4.69) is 61.2 Å². The average molecular weight is 608 g/mol. The van der Waals surface area contributed by atoms with Crippen molar-refractivity contribution >= 4 is 22.2 Å². The zero-order valence-electron chi connectivity index (χ0n) is 26.3. The summed E-state index contributed by atoms with van der Waals surface area (Å²) in [6.45, 7) is 11.9. The summed E-state index contributed by atoms with van der Waals surface area (Å²) in [4.78, 5) is 15.8. The zero-order valence-corrected chi connectivity index (χ0v) is 27.1. The quantitative estimate of drug-likeness (QED) is 0.348. The van der Waals surface area contributed by atoms with E-state index in [4.69, 9.17) is 14.2 Å². The molecule has 0 N–H and O–H groups in total. The van der Waals surface area contributed by atoms with Crippen LogP contribution in [0.1, 0.15) is 68.4 Å². The molecule has 2 bridgehead atoms. The molecule has 43 heavy (non-hydrogen) atoms. The van der Waals surface area contributed by atoms with Gasteiger partial charge >= 0.3 is 0 Å². The van der Waals surface area contributed by atoms with Crippen LogP contribution in [0.15, 0.2) is 46.8 Å². The highest BCUT2D eigenvalue weighted by molar-refractivity contribution is 7.75. The molecule has 1 fully saturated rings. The maximum Gasteiger partial charge on any atom is 0.254 e. The van der Waals surface area contributed by atoms with Crippen LogP contribution in [0.5, 0.6) is 5.75 Å². The van der Waals surface area contributed by atoms with Crippen molar-refractivity contribution < 1.29 is 23.2 Å². The van der Waals surface area contributed by atoms with Crippen LogP contribution in [0.2, 0.25) is 0 Å². The molecule has 3 aliphatic heterocycles. The summed E-state index contributed by atoms with van der Waals surface area (Å²) in [6.07, 6.45) is 4.20. The van der Waals surface area contributed by atoms with Gasteiger partial charge in [0.15, 0.2) is 0 Å². The van der Waals surface area contributed by atoms with Crippen LogP contribution < -0.4 is 9.64 Å². The number of fused-ring (bicyclic) bond motifs is 4. The van der Waals surface area contributed by atoms with E-state index in [9.17, 15) is 9.00 Å². The Balaban J connectivity index is 1.42. The Morgan fingerprint density at radius 3 is 2.70 bits per heavy atom. The van der Waals surface area contributed by atoms with Gasteiger partial charge in [0.1, 0.15) is 5.75 Å². The van der Waals surface area contributed by atoms with Gasteiger partial charge in [0.05, 0.1) is 24.5 Å². The van der Waals surface area contributed by atoms with Crippen LogP contribution in [0.3, 0.4) is 0 Å². The second-order valence-electron chi connectivity index (χ2n) is 13.8. The number of hydrogen-bond donors (Lipinski definition) is 0. The van der Waals surface area contributed by atoms with Crippen LogP contribution >= 0.6 is 0 Å². The number of methoxy groups -OCH3 is 1. The molecule has 7 nitrogen and oxygen atoms in total. The fraction of sp³-hybridized carbons (Fsp3) is 0.629. The largest absolute Gasteiger partial charge is 0.490 e. The predicted octanol–water partition coefficient (Wildman–Crippen LogP) is 6.43. The van der Waals surface area contributed by atoms with E-state index in [-0.39, 0.29) is 29.5 Å². The van der Waals surface area contributed by atoms with E-state index >= 15 is 0 Å². The van der Waals surface area contributed by atoms with Crippen molar-refractivity contribution in [1.82, 2.24) is 0 Å². The summed E-state index contributed by atoms with van der Waals surface area (Å²) in [6, 6.07) is 14.4. The normalized spacial score (nSPS) is 35.4. The van der Waals surface area contributed by atoms with Gasteiger partial charge in [-0.15, -0.1) is 0 Å². The molecule has 6 rings (SSSR count). The lowest BCUT2D eigenvalue weighted by atomic mass is 9.70. The molecule has 8 heteroatoms. The van der Waals surface area contributed by atoms with Crippen molar-refractivity contribution in [3.05, 3.63) is 59.2 Å². The lowest BCUT2D eigenvalue weighted by Gasteiger charge is -2.42. The number of benzene rings is 2. The van der Waals surface area contributed by atoms with E-state index in [1.165, 1.54) is 11.1 Å². The molecule has 2 aromatic rings. The number of rotatable bonds is 1. The van der Waals surface area contributed by atoms with Gasteiger partial charge < -0.3 is 27.7 Å². The minimum Gasteiger partial charge on any atom is -0.490 e. The van der Waals surface area contributed by atoms with Gasteiger partial charge in [0, 0.05) is 37.8 Å². The Bertz CT molecular complexity index is 1420. The first-order valence-corrected chi connectivity index (χ1v) is 17.4. The number of hydrogen-bond acceptors (Lipinski definition) is 7. The molecule has 2 aromatic carbocycles. The first-order chi connectivity index (χ1) is 20.7. The van der Waals surface area contributed by atoms with Gasteiger partial charge in [0.25, 0.3) is 5.91 Å². The van der Waals surface area contributed by atoms with Crippen molar-refractivity contribution in [2.24, 2.45) is 34.0 Å². The maximum atomic E-state index is 13.4. The van der Waals surface area contributed by atoms with Crippen LogP contribution in [0.25, 0.3) is 0 Å². The standard InChI is InChI=1S/C35H47N2O5S/c1-22-17-37-20-35(14-8-10-26-9-6-7-11-29(26)35)21-42-31-13-12-27(15-30(31)37)34(38)36-43(39)19-24(3)33-28(23(2)18-41-33)16-32(40-5)25(22)4/h6-7,9,11-13,15,22-25,28,32-33H,8,10,14,16-21H2,1-5H3/q-1/t22-,23-,24+,25+,28-,32-,33+,35-/m0/s1. The summed E-state index contributed by atoms with van der Waals surface area (Å²) < 4.78 is 36.4. The molecule has 1 spiro atoms. The molecule has 1 amide bonds. The highest BCUT2D eigenvalue weighted by Gasteiger charge is 2.43. The van der Waals surface area contributed by atoms with E-state index < -0.39 is 16.5 Å². The number of nitrogens with zero attached hydrogens (tertiary/aromatic N) is 2. The van der Waals surface area contributed by atoms with Gasteiger partial charge in [-0.2, -0.15) is 10.6 Å². The first-order valence-electron chi connectivity index (χ1n) is 16.1. The minimum atomic E-state index is -1.65. The lowest BCUT2D eigenvalue weighted by Crippen LogP contribution is -2.47. The van der Waals surface area contributed by atoms with Crippen molar-refractivity contribution in [2.75, 3.05) is 44.1 Å². The number of carbonyl (C=O) groups is 1. The van der Waals surface area contributed by atoms with Crippen molar-refractivity contribution in [2.45, 2.75) is 71.0 Å². The number of amides is 1. The SMILES string of the molecule is CO[C@H]1C[C@@H]2[C@H](OC[C@@H]2C)[C@H](C)C[S-](=O)=NC(=O)c2ccc3c(c2)N(C[C@H](C)[C@H]1C)C[C@@]1(CCCc2ccccc21)CO3. The van der Waals surface area contributed by atoms with E-state index in [0.717, 1.165) is 50.2 Å². The minimum absolute atomic E-state index is 0.0102. The van der Waals surface area contributed by atoms with Crippen molar-refractivity contribution in [3.63, 3.8) is 0 Å². The molecule has 0 aromatic heterocycles. The molecule has 4 aliphatic rings. The number of anilines is 1. The topological polar surface area (TPSA) is 77.4 Å². The van der Waals surface area contributed by atoms with Crippen LogP contribution in [-0.4, -0.2) is 57.3 Å². The Labute approximate surface area is 258 Å². The van der Waals surface area contributed by atoms with Crippen LogP contribution in [-0.2, 0) is 36.1 Å². The summed E-state index contributed by atoms with van der Waals surface area (Å²) in [5.41, 5.74) is 4.01. The molecule has 1 saturated heterocycles. The molecular weight excluding hydrogens is 560 g/mol. The second kappa shape index (κ2) is 12.5. The fourth-order valence-electron chi connectivity index (χ4n) is 8.18. The summed E-state index contributed by atoms with van der Waals surface area (Å²) in [7, 11) is 0.187. The maximum absolute atomic E-state index is 13.4. The highest BCUT2D eigenvalue weighted by Crippen LogP contribution is 2.45. The van der Waals surface area contributed by atoms with Crippen LogP contribution in [0, 0.1) is 29.6 Å². The number of ether oxygens (including phenoxy) is 3. The average Bonchev–Trinajstić information content (AvgIpc) is 3.29. The summed E-state index contributed by atoms with van der Waals surface area (Å²) >= 11 is 0. The Morgan fingerprint density at radius 1 is 1.07 bits per heavy atom. The Hall–Kier alpha value is -2.42. The van der Waals surface area contributed by atoms with Gasteiger partial charge in [-0.05, 0) is 84.6 Å². The van der Waals surface area contributed by atoms with E-state index in [0.29, 0.717) is 42.3 Å². The lowest BCUT2D eigenvalue weighted by molar-refractivity contribution is -0.00429. The Kier molecular flexibility index (Phi) is 8.91. The molecular formula is C35H47N2O5S-. The zero-order chi connectivity index (χ0) is 30.3. The van der Waals surface area contributed by atoms with Crippen molar-refractivity contribution in [1.29, 1.82) is 0 Å². The third-order valence-electron chi connectivity index (χ3n) is 10.9. The van der Waals surface area contributed by atoms with Crippen molar-refractivity contribution in [3.8, 4) is 5.75 Å². The van der Waals surface area contributed by atoms with Gasteiger partial charge in [-0.1, -0.05) is 57.7 Å². The highest BCUT2D eigenvalue weighted by atomic mass is 32.2. The fourth-order valence-corrected chi connectivity index (χ4v) is 9.18. The molecule has 3 heterocycles. The summed E-state index contributed by atoms with van der Waals surface area (Å²) in [5.74, 6) is 1.93. The molecule has 0 saturated carbocycles. The van der Waals surface area contributed by atoms with Gasteiger partial charge in [-0.3, -0.25) is 4.79 Å². The Morgan fingerprint density at radius 2 is 1.88 bits per heavy atom. The number of aryl methyl sites for hydroxylation is 1. The third kappa shape index (κ3) is 5.99. The number of carbonyl (C=O) groups excluding carboxylic acids is 1. The third-order valence-corrected chi connectivity index (χ3v) is 12.1. The molecule has 0 unspecified atom stereocenters. The van der Waals surface area contributed by atoms with Gasteiger partial charge in [-0.25, -0.2) is 0 Å². The second-order valence-corrected chi connectivity index (χ2v) is 14.9. The van der Waals surface area contributed by atoms with Gasteiger partial charge in [0.2, 0.25) is 0 Å². The molecule has 234 valence electrons.